The Balaban J connectivity index is 4.14. The van der Waals surface area contributed by atoms with Gasteiger partial charge in [0.1, 0.15) is 13.2 Å². The van der Waals surface area contributed by atoms with Gasteiger partial charge in [-0.2, -0.15) is 0 Å². The van der Waals surface area contributed by atoms with Crippen LogP contribution in [0.2, 0.25) is 0 Å². The summed E-state index contributed by atoms with van der Waals surface area (Å²) in [7, 11) is 4.87. The van der Waals surface area contributed by atoms with Crippen molar-refractivity contribution in [3.05, 3.63) is 0 Å². The molecule has 0 aromatic carbocycles. The van der Waals surface area contributed by atoms with Crippen LogP contribution >= 0.6 is 0 Å². The Kier molecular flexibility index (Phi) is 1.24. The van der Waals surface area contributed by atoms with E-state index in [1.807, 2.05) is 0 Å². The summed E-state index contributed by atoms with van der Waals surface area (Å²) in [4.78, 5) is 0. The van der Waals surface area contributed by atoms with Crippen LogP contribution in [0.4, 0.5) is 4.39 Å². The number of halogens is 1. The normalized spacial score (nSPS) is 18.3. The van der Waals surface area contributed by atoms with Gasteiger partial charge in [-0.3, -0.25) is 0 Å². The molecule has 0 aromatic rings. The molecule has 0 atom stereocenters. The van der Waals surface area contributed by atoms with E-state index in [1.165, 1.54) is 0 Å². The van der Waals surface area contributed by atoms with Crippen LogP contribution in [0, 0.1) is 0 Å². The minimum Gasteiger partial charge on any atom is -0.329 e. The zero-order chi connectivity index (χ0) is 7.71. The molecule has 0 radical (unpaired) electrons. The molecule has 0 saturated heterocycles. The summed E-state index contributed by atoms with van der Waals surface area (Å²) in [6, 6.07) is 0. The van der Waals surface area contributed by atoms with Gasteiger partial charge < -0.3 is 4.48 Å². The highest BCUT2D eigenvalue weighted by Gasteiger charge is 2.03. The van der Waals surface area contributed by atoms with Gasteiger partial charge in [0.15, 0.2) is 0 Å². The molecule has 0 amide bonds. The lowest BCUT2D eigenvalue weighted by molar-refractivity contribution is -0.870. The maximum Gasteiger partial charge on any atom is 0.138 e. The molecule has 0 N–H and O–H groups in total. The van der Waals surface area contributed by atoms with Gasteiger partial charge in [0.05, 0.1) is 23.9 Å². The molecule has 7 heavy (non-hydrogen) atoms. The number of alkyl halides is 1. The fourth-order valence-electron chi connectivity index (χ4n) is 0.179. The summed E-state index contributed by atoms with van der Waals surface area (Å²) in [5.41, 5.74) is 0. The van der Waals surface area contributed by atoms with Gasteiger partial charge in [0, 0.05) is 0 Å². The first-order valence-corrected chi connectivity index (χ1v) is 2.19. The van der Waals surface area contributed by atoms with Crippen molar-refractivity contribution in [1.82, 2.24) is 0 Å². The van der Waals surface area contributed by atoms with Crippen LogP contribution in [0.5, 0.6) is 0 Å². The summed E-state index contributed by atoms with van der Waals surface area (Å²) in [5.74, 6) is 0. The Morgan fingerprint density at radius 2 is 2.00 bits per heavy atom. The number of hydrogen-bond acceptors (Lipinski definition) is 0. The average Bonchev–Trinajstić information content (AvgIpc) is 1.64. The number of quaternary nitrogens is 1. The van der Waals surface area contributed by atoms with E-state index in [-0.39, 0.29) is 4.48 Å². The second kappa shape index (κ2) is 2.26. The van der Waals surface area contributed by atoms with E-state index in [2.05, 4.69) is 0 Å². The molecule has 1 nitrogen and oxygen atoms in total. The lowest BCUT2D eigenvalue weighted by Crippen LogP contribution is -2.36. The maximum absolute atomic E-state index is 11.9. The summed E-state index contributed by atoms with van der Waals surface area (Å²) < 4.78 is 26.1. The Labute approximate surface area is 47.1 Å². The molecule has 0 aliphatic rings. The highest BCUT2D eigenvalue weighted by atomic mass is 19.1. The molecule has 0 fully saturated rings. The van der Waals surface area contributed by atoms with E-state index < -0.39 is 13.2 Å². The molecule has 0 bridgehead atoms. The van der Waals surface area contributed by atoms with Crippen LogP contribution in [0.15, 0.2) is 0 Å². The fraction of sp³-hybridized carbons (Fsp3) is 1.00. The quantitative estimate of drug-likeness (QED) is 0.456. The summed E-state index contributed by atoms with van der Waals surface area (Å²) in [6.07, 6.45) is 0. The van der Waals surface area contributed by atoms with Gasteiger partial charge in [0.25, 0.3) is 0 Å². The first-order valence-electron chi connectivity index (χ1n) is 3.19. The Hall–Kier alpha value is -0.110. The van der Waals surface area contributed by atoms with Crippen LogP contribution in [-0.4, -0.2) is 38.8 Å². The predicted molar refractivity (Wildman–Crippen MR) is 28.9 cm³/mol. The van der Waals surface area contributed by atoms with Gasteiger partial charge in [-0.25, -0.2) is 4.39 Å². The standard InChI is InChI=1S/C5H13FN/c1-7(2,3)5-4-6/h4-5H2,1-3H3/q+1/i5D2. The first-order chi connectivity index (χ1) is 3.81. The second-order valence-electron chi connectivity index (χ2n) is 2.30. The van der Waals surface area contributed by atoms with Crippen LogP contribution in [0.25, 0.3) is 0 Å². The smallest absolute Gasteiger partial charge is 0.138 e. The van der Waals surface area contributed by atoms with Gasteiger partial charge >= 0.3 is 0 Å². The van der Waals surface area contributed by atoms with Crippen molar-refractivity contribution < 1.29 is 11.6 Å². The highest BCUT2D eigenvalue weighted by Crippen LogP contribution is 1.86. The van der Waals surface area contributed by atoms with Gasteiger partial charge in [-0.15, -0.1) is 0 Å². The fourth-order valence-corrected chi connectivity index (χ4v) is 0.179. The van der Waals surface area contributed by atoms with Gasteiger partial charge in [-0.05, 0) is 0 Å². The van der Waals surface area contributed by atoms with Gasteiger partial charge in [0.2, 0.25) is 0 Å². The Bertz CT molecular complexity index is 97.6. The molecule has 0 rings (SSSR count). The van der Waals surface area contributed by atoms with Crippen LogP contribution < -0.4 is 0 Å². The molecule has 0 heterocycles. The lowest BCUT2D eigenvalue weighted by Gasteiger charge is -2.21. The molecule has 2 heteroatoms. The summed E-state index contributed by atoms with van der Waals surface area (Å²) >= 11 is 0. The largest absolute Gasteiger partial charge is 0.329 e. The Morgan fingerprint density at radius 3 is 2.00 bits per heavy atom. The van der Waals surface area contributed by atoms with E-state index >= 15 is 0 Å². The highest BCUT2D eigenvalue weighted by molar-refractivity contribution is 4.19. The van der Waals surface area contributed by atoms with Gasteiger partial charge in [-0.1, -0.05) is 0 Å². The molecular weight excluding hydrogens is 93.1 g/mol. The zero-order valence-corrected chi connectivity index (χ0v) is 5.03. The molecule has 0 unspecified atom stereocenters. The zero-order valence-electron chi connectivity index (χ0n) is 7.03. The molecule has 0 aliphatic heterocycles. The van der Waals surface area contributed by atoms with E-state index in [1.54, 1.807) is 21.1 Å². The van der Waals surface area contributed by atoms with Crippen LogP contribution in [0.3, 0.4) is 0 Å². The molecule has 44 valence electrons. The predicted octanol–water partition coefficient (Wildman–Crippen LogP) is 0.662. The minimum absolute atomic E-state index is 0.00347. The Morgan fingerprint density at radius 1 is 1.57 bits per heavy atom. The molecule has 0 spiro atoms. The van der Waals surface area contributed by atoms with Crippen molar-refractivity contribution in [2.45, 2.75) is 0 Å². The summed E-state index contributed by atoms with van der Waals surface area (Å²) in [5, 5.41) is 0. The van der Waals surface area contributed by atoms with Crippen molar-refractivity contribution in [3.8, 4) is 0 Å². The van der Waals surface area contributed by atoms with Crippen molar-refractivity contribution in [2.24, 2.45) is 0 Å². The van der Waals surface area contributed by atoms with Crippen molar-refractivity contribution in [3.63, 3.8) is 0 Å². The third kappa shape index (κ3) is 5.89. The van der Waals surface area contributed by atoms with Crippen LogP contribution in [-0.2, 0) is 0 Å². The number of hydrogen-bond donors (Lipinski definition) is 0. The van der Waals surface area contributed by atoms with E-state index in [0.717, 1.165) is 0 Å². The number of rotatable bonds is 2. The van der Waals surface area contributed by atoms with E-state index in [4.69, 9.17) is 2.74 Å². The molecular formula is C5H13FN+. The number of nitrogens with zero attached hydrogens (tertiary/aromatic N) is 1. The third-order valence-electron chi connectivity index (χ3n) is 0.534. The second-order valence-corrected chi connectivity index (χ2v) is 2.30. The van der Waals surface area contributed by atoms with E-state index in [0.29, 0.717) is 0 Å². The maximum atomic E-state index is 11.9. The summed E-state index contributed by atoms with van der Waals surface area (Å²) in [6.45, 7) is -2.68. The van der Waals surface area contributed by atoms with Crippen molar-refractivity contribution in [2.75, 3.05) is 34.3 Å². The van der Waals surface area contributed by atoms with Crippen LogP contribution in [0.1, 0.15) is 2.74 Å². The average molecular weight is 108 g/mol. The topological polar surface area (TPSA) is 0 Å². The third-order valence-corrected chi connectivity index (χ3v) is 0.534. The lowest BCUT2D eigenvalue weighted by atomic mass is 10.6. The molecule has 0 aromatic heterocycles. The molecule has 0 aliphatic carbocycles. The monoisotopic (exact) mass is 108 g/mol. The minimum atomic E-state index is -1.75. The van der Waals surface area contributed by atoms with E-state index in [9.17, 15) is 4.39 Å². The first kappa shape index (κ1) is 3.84. The van der Waals surface area contributed by atoms with Crippen molar-refractivity contribution in [1.29, 1.82) is 0 Å². The van der Waals surface area contributed by atoms with Crippen molar-refractivity contribution >= 4 is 0 Å². The SMILES string of the molecule is [2H]C([2H])(CF)[N+](C)(C)C. The molecule has 0 saturated carbocycles.